The van der Waals surface area contributed by atoms with E-state index in [1.807, 2.05) is 0 Å². The van der Waals surface area contributed by atoms with E-state index in [1.54, 1.807) is 19.1 Å². The standard InChI is InChI=1S/C17H18N2O6/c1-9-14(17(22)23)15(25-19-9)13-6-5-12(8-18-13)24-11-4-2-3-10(7-11)16(20)21/h5-6,8,10-11H,2-4,7H2,1H3,(H,20,21)(H,22,23)/t10-,11-/m0/s1. The third-order valence-corrected chi connectivity index (χ3v) is 4.32. The van der Waals surface area contributed by atoms with Crippen LogP contribution in [-0.2, 0) is 4.79 Å². The van der Waals surface area contributed by atoms with Gasteiger partial charge < -0.3 is 19.5 Å². The van der Waals surface area contributed by atoms with Crippen molar-refractivity contribution in [1.82, 2.24) is 10.1 Å². The fourth-order valence-corrected chi connectivity index (χ4v) is 3.05. The summed E-state index contributed by atoms with van der Waals surface area (Å²) in [4.78, 5) is 26.6. The van der Waals surface area contributed by atoms with Gasteiger partial charge in [-0.25, -0.2) is 9.78 Å². The zero-order valence-corrected chi connectivity index (χ0v) is 13.6. The van der Waals surface area contributed by atoms with Gasteiger partial charge in [-0.1, -0.05) is 5.16 Å². The SMILES string of the molecule is Cc1noc(-c2ccc(O[C@H]3CCC[C@H](C(=O)O)C3)cn2)c1C(=O)O. The molecule has 25 heavy (non-hydrogen) atoms. The maximum atomic E-state index is 11.3. The Morgan fingerprint density at radius 3 is 2.72 bits per heavy atom. The quantitative estimate of drug-likeness (QED) is 0.847. The summed E-state index contributed by atoms with van der Waals surface area (Å²) in [5.74, 6) is -1.68. The number of hydrogen-bond acceptors (Lipinski definition) is 6. The van der Waals surface area contributed by atoms with Gasteiger partial charge in [-0.15, -0.1) is 0 Å². The van der Waals surface area contributed by atoms with E-state index in [9.17, 15) is 14.7 Å². The summed E-state index contributed by atoms with van der Waals surface area (Å²) in [5.41, 5.74) is 0.613. The molecule has 8 nitrogen and oxygen atoms in total. The van der Waals surface area contributed by atoms with Crippen molar-refractivity contribution in [2.75, 3.05) is 0 Å². The van der Waals surface area contributed by atoms with E-state index in [0.29, 0.717) is 24.3 Å². The summed E-state index contributed by atoms with van der Waals surface area (Å²) < 4.78 is 10.9. The molecule has 0 radical (unpaired) electrons. The Labute approximate surface area is 143 Å². The van der Waals surface area contributed by atoms with Crippen molar-refractivity contribution in [3.8, 4) is 17.2 Å². The van der Waals surface area contributed by atoms with Crippen LogP contribution in [0.4, 0.5) is 0 Å². The van der Waals surface area contributed by atoms with Crippen molar-refractivity contribution in [3.63, 3.8) is 0 Å². The Hall–Kier alpha value is -2.90. The molecule has 0 aliphatic heterocycles. The second-order valence-electron chi connectivity index (χ2n) is 6.10. The van der Waals surface area contributed by atoms with Gasteiger partial charge in [-0.05, 0) is 44.7 Å². The third kappa shape index (κ3) is 3.62. The second kappa shape index (κ2) is 6.92. The average Bonchev–Trinajstić information content (AvgIpc) is 2.97. The molecule has 2 N–H and O–H groups in total. The molecule has 2 aromatic heterocycles. The van der Waals surface area contributed by atoms with E-state index >= 15 is 0 Å². The molecule has 2 heterocycles. The van der Waals surface area contributed by atoms with Crippen LogP contribution in [0.5, 0.6) is 5.75 Å². The number of ether oxygens (including phenoxy) is 1. The van der Waals surface area contributed by atoms with E-state index in [-0.39, 0.29) is 29.0 Å². The lowest BCUT2D eigenvalue weighted by Crippen LogP contribution is -2.29. The number of aromatic carboxylic acids is 1. The fraction of sp³-hybridized carbons (Fsp3) is 0.412. The van der Waals surface area contributed by atoms with Crippen molar-refractivity contribution in [3.05, 3.63) is 29.6 Å². The van der Waals surface area contributed by atoms with Crippen LogP contribution in [0.15, 0.2) is 22.9 Å². The Morgan fingerprint density at radius 2 is 2.08 bits per heavy atom. The van der Waals surface area contributed by atoms with Gasteiger partial charge in [0.15, 0.2) is 5.76 Å². The van der Waals surface area contributed by atoms with E-state index in [1.165, 1.54) is 6.20 Å². The van der Waals surface area contributed by atoms with Crippen LogP contribution in [-0.4, -0.2) is 38.4 Å². The summed E-state index contributed by atoms with van der Waals surface area (Å²) in [5, 5.41) is 22.0. The predicted octanol–water partition coefficient (Wildman–Crippen LogP) is 2.77. The highest BCUT2D eigenvalue weighted by Crippen LogP contribution is 2.29. The second-order valence-corrected chi connectivity index (χ2v) is 6.10. The van der Waals surface area contributed by atoms with Gasteiger partial charge in [0.25, 0.3) is 0 Å². The number of rotatable bonds is 5. The van der Waals surface area contributed by atoms with Gasteiger partial charge in [-0.3, -0.25) is 4.79 Å². The first kappa shape index (κ1) is 16.9. The molecule has 2 aromatic rings. The van der Waals surface area contributed by atoms with Gasteiger partial charge >= 0.3 is 11.9 Å². The number of aliphatic carboxylic acids is 1. The van der Waals surface area contributed by atoms with Crippen LogP contribution in [0.1, 0.15) is 41.7 Å². The minimum absolute atomic E-state index is 0.0160. The molecule has 0 bridgehead atoms. The lowest BCUT2D eigenvalue weighted by atomic mass is 9.87. The third-order valence-electron chi connectivity index (χ3n) is 4.32. The summed E-state index contributed by atoms with van der Waals surface area (Å²) in [6, 6.07) is 3.26. The number of carbonyl (C=O) groups is 2. The van der Waals surface area contributed by atoms with Crippen LogP contribution in [0.3, 0.4) is 0 Å². The van der Waals surface area contributed by atoms with Gasteiger partial charge in [0.1, 0.15) is 17.0 Å². The van der Waals surface area contributed by atoms with Crippen LogP contribution in [0.2, 0.25) is 0 Å². The minimum Gasteiger partial charge on any atom is -0.489 e. The number of nitrogens with zero attached hydrogens (tertiary/aromatic N) is 2. The molecule has 0 aromatic carbocycles. The van der Waals surface area contributed by atoms with E-state index in [4.69, 9.17) is 14.4 Å². The summed E-state index contributed by atoms with van der Waals surface area (Å²) in [7, 11) is 0. The number of aryl methyl sites for hydroxylation is 1. The molecule has 0 unspecified atom stereocenters. The average molecular weight is 346 g/mol. The molecule has 1 fully saturated rings. The largest absolute Gasteiger partial charge is 0.489 e. The van der Waals surface area contributed by atoms with Crippen molar-refractivity contribution >= 4 is 11.9 Å². The van der Waals surface area contributed by atoms with E-state index < -0.39 is 11.9 Å². The lowest BCUT2D eigenvalue weighted by molar-refractivity contribution is -0.143. The molecule has 0 spiro atoms. The van der Waals surface area contributed by atoms with Gasteiger partial charge in [0.05, 0.1) is 23.9 Å². The molecule has 0 saturated heterocycles. The zero-order chi connectivity index (χ0) is 18.0. The zero-order valence-electron chi connectivity index (χ0n) is 13.6. The molecule has 132 valence electrons. The maximum absolute atomic E-state index is 11.3. The van der Waals surface area contributed by atoms with E-state index in [2.05, 4.69) is 10.1 Å². The minimum atomic E-state index is -1.13. The first-order valence-corrected chi connectivity index (χ1v) is 8.01. The maximum Gasteiger partial charge on any atom is 0.341 e. The van der Waals surface area contributed by atoms with Crippen molar-refractivity contribution in [2.45, 2.75) is 38.7 Å². The number of pyridine rings is 1. The molecule has 1 aliphatic carbocycles. The molecular formula is C17H18N2O6. The molecule has 2 atom stereocenters. The molecular weight excluding hydrogens is 328 g/mol. The first-order chi connectivity index (χ1) is 12.0. The molecule has 3 rings (SSSR count). The Kier molecular flexibility index (Phi) is 4.69. The number of hydrogen-bond donors (Lipinski definition) is 2. The van der Waals surface area contributed by atoms with Crippen molar-refractivity contribution in [2.24, 2.45) is 5.92 Å². The highest BCUT2D eigenvalue weighted by molar-refractivity contribution is 5.94. The summed E-state index contributed by atoms with van der Waals surface area (Å²) in [6.45, 7) is 1.55. The van der Waals surface area contributed by atoms with Crippen LogP contribution >= 0.6 is 0 Å². The van der Waals surface area contributed by atoms with Crippen LogP contribution in [0.25, 0.3) is 11.5 Å². The van der Waals surface area contributed by atoms with Gasteiger partial charge in [0, 0.05) is 0 Å². The summed E-state index contributed by atoms with van der Waals surface area (Å²) in [6.07, 6.45) is 4.08. The topological polar surface area (TPSA) is 123 Å². The smallest absolute Gasteiger partial charge is 0.341 e. The monoisotopic (exact) mass is 346 g/mol. The fourth-order valence-electron chi connectivity index (χ4n) is 3.05. The Morgan fingerprint density at radius 1 is 1.28 bits per heavy atom. The number of carboxylic acids is 2. The number of aromatic nitrogens is 2. The van der Waals surface area contributed by atoms with Crippen LogP contribution in [0, 0.1) is 12.8 Å². The van der Waals surface area contributed by atoms with Gasteiger partial charge in [0.2, 0.25) is 0 Å². The normalized spacial score (nSPS) is 20.2. The Bertz CT molecular complexity index is 783. The van der Waals surface area contributed by atoms with Gasteiger partial charge in [-0.2, -0.15) is 0 Å². The number of carboxylic acid groups (broad SMARTS) is 2. The molecule has 8 heteroatoms. The highest BCUT2D eigenvalue weighted by Gasteiger charge is 2.28. The first-order valence-electron chi connectivity index (χ1n) is 8.01. The Balaban J connectivity index is 1.73. The van der Waals surface area contributed by atoms with Crippen molar-refractivity contribution in [1.29, 1.82) is 0 Å². The summed E-state index contributed by atoms with van der Waals surface area (Å²) >= 11 is 0. The van der Waals surface area contributed by atoms with Crippen molar-refractivity contribution < 1.29 is 29.1 Å². The van der Waals surface area contributed by atoms with Crippen LogP contribution < -0.4 is 4.74 Å². The van der Waals surface area contributed by atoms with E-state index in [0.717, 1.165) is 12.8 Å². The molecule has 0 amide bonds. The molecule has 1 aliphatic rings. The lowest BCUT2D eigenvalue weighted by Gasteiger charge is -2.27. The predicted molar refractivity (Wildman–Crippen MR) is 85.4 cm³/mol. The molecule has 1 saturated carbocycles. The highest BCUT2D eigenvalue weighted by atomic mass is 16.5.